The van der Waals surface area contributed by atoms with Gasteiger partial charge < -0.3 is 9.67 Å². The molecule has 0 aliphatic heterocycles. The van der Waals surface area contributed by atoms with Gasteiger partial charge in [-0.15, -0.1) is 0 Å². The Kier molecular flexibility index (Phi) is 3.30. The quantitative estimate of drug-likeness (QED) is 0.931. The molecule has 1 heterocycles. The van der Waals surface area contributed by atoms with Crippen LogP contribution in [0.1, 0.15) is 32.6 Å². The number of nitrogens with zero attached hydrogens (tertiary/aromatic N) is 2. The largest absolute Gasteiger partial charge is 0.383 e. The van der Waals surface area contributed by atoms with Gasteiger partial charge in [0.15, 0.2) is 5.82 Å². The zero-order valence-electron chi connectivity index (χ0n) is 10.9. The number of hydrogen-bond donors (Lipinski definition) is 1. The van der Waals surface area contributed by atoms with Gasteiger partial charge in [-0.1, -0.05) is 6.07 Å². The Labute approximate surface area is 108 Å². The van der Waals surface area contributed by atoms with Gasteiger partial charge in [0.25, 0.3) is 6.43 Å². The lowest BCUT2D eigenvalue weighted by Crippen LogP contribution is -2.26. The number of halogens is 3. The van der Waals surface area contributed by atoms with Crippen molar-refractivity contribution in [3.8, 4) is 0 Å². The molecule has 0 bridgehead atoms. The van der Waals surface area contributed by atoms with Gasteiger partial charge in [0.1, 0.15) is 16.9 Å². The van der Waals surface area contributed by atoms with E-state index in [2.05, 4.69) is 4.98 Å². The highest BCUT2D eigenvalue weighted by Gasteiger charge is 2.30. The molecule has 0 fully saturated rings. The molecule has 0 saturated carbocycles. The van der Waals surface area contributed by atoms with Crippen LogP contribution in [0.4, 0.5) is 13.2 Å². The third-order valence-electron chi connectivity index (χ3n) is 2.99. The summed E-state index contributed by atoms with van der Waals surface area (Å²) in [6.45, 7) is 4.17. The van der Waals surface area contributed by atoms with Gasteiger partial charge >= 0.3 is 0 Å². The van der Waals surface area contributed by atoms with Gasteiger partial charge in [0.2, 0.25) is 0 Å². The van der Waals surface area contributed by atoms with Crippen molar-refractivity contribution in [1.82, 2.24) is 9.55 Å². The summed E-state index contributed by atoms with van der Waals surface area (Å²) < 4.78 is 40.8. The van der Waals surface area contributed by atoms with E-state index < -0.39 is 23.9 Å². The van der Waals surface area contributed by atoms with Crippen LogP contribution in [0, 0.1) is 5.82 Å². The van der Waals surface area contributed by atoms with Gasteiger partial charge in [0.05, 0.1) is 11.6 Å². The fourth-order valence-electron chi connectivity index (χ4n) is 2.04. The second-order valence-corrected chi connectivity index (χ2v) is 5.05. The second kappa shape index (κ2) is 4.52. The van der Waals surface area contributed by atoms with Gasteiger partial charge in [-0.25, -0.2) is 18.2 Å². The van der Waals surface area contributed by atoms with Crippen molar-refractivity contribution in [3.05, 3.63) is 29.8 Å². The standard InChI is InChI=1S/C13H15F3N2O/c1-7(11(15)16)18-9-6-4-5-8(14)10(9)17-12(18)13(2,3)19/h4-7,11,19H,1-3H3. The molecule has 2 rings (SSSR count). The number of aromatic nitrogens is 2. The van der Waals surface area contributed by atoms with E-state index in [4.69, 9.17) is 0 Å². The average molecular weight is 272 g/mol. The summed E-state index contributed by atoms with van der Waals surface area (Å²) in [5.41, 5.74) is -1.19. The Morgan fingerprint density at radius 1 is 1.32 bits per heavy atom. The highest BCUT2D eigenvalue weighted by atomic mass is 19.3. The molecule has 3 nitrogen and oxygen atoms in total. The van der Waals surface area contributed by atoms with Gasteiger partial charge in [-0.3, -0.25) is 0 Å². The molecule has 0 amide bonds. The van der Waals surface area contributed by atoms with Crippen LogP contribution in [0.5, 0.6) is 0 Å². The second-order valence-electron chi connectivity index (χ2n) is 5.05. The van der Waals surface area contributed by atoms with E-state index in [-0.39, 0.29) is 16.9 Å². The number of alkyl halides is 2. The molecule has 1 aromatic carbocycles. The first-order valence-corrected chi connectivity index (χ1v) is 5.91. The molecule has 2 aromatic rings. The minimum Gasteiger partial charge on any atom is -0.383 e. The van der Waals surface area contributed by atoms with E-state index in [1.54, 1.807) is 0 Å². The van der Waals surface area contributed by atoms with E-state index >= 15 is 0 Å². The highest BCUT2D eigenvalue weighted by molar-refractivity contribution is 5.77. The van der Waals surface area contributed by atoms with Crippen molar-refractivity contribution in [2.75, 3.05) is 0 Å². The summed E-state index contributed by atoms with van der Waals surface area (Å²) in [4.78, 5) is 3.99. The SMILES string of the molecule is CC(C(F)F)n1c(C(C)(C)O)nc2c(F)cccc21. The molecule has 1 atom stereocenters. The Morgan fingerprint density at radius 3 is 2.47 bits per heavy atom. The van der Waals surface area contributed by atoms with Gasteiger partial charge in [-0.05, 0) is 32.9 Å². The normalized spacial score (nSPS) is 14.3. The number of hydrogen-bond acceptors (Lipinski definition) is 2. The van der Waals surface area contributed by atoms with Crippen LogP contribution in [0.25, 0.3) is 11.0 Å². The molecule has 1 unspecified atom stereocenters. The summed E-state index contributed by atoms with van der Waals surface area (Å²) in [6, 6.07) is 2.95. The molecule has 0 spiro atoms. The summed E-state index contributed by atoms with van der Waals surface area (Å²) in [5, 5.41) is 10.0. The summed E-state index contributed by atoms with van der Waals surface area (Å²) in [5.74, 6) is -0.566. The zero-order valence-corrected chi connectivity index (χ0v) is 10.9. The topological polar surface area (TPSA) is 38.0 Å². The Morgan fingerprint density at radius 2 is 1.95 bits per heavy atom. The fourth-order valence-corrected chi connectivity index (χ4v) is 2.04. The third-order valence-corrected chi connectivity index (χ3v) is 2.99. The smallest absolute Gasteiger partial charge is 0.258 e. The van der Waals surface area contributed by atoms with E-state index in [0.29, 0.717) is 0 Å². The maximum Gasteiger partial charge on any atom is 0.258 e. The average Bonchev–Trinajstić information content (AvgIpc) is 2.68. The molecule has 6 heteroatoms. The predicted octanol–water partition coefficient (Wildman–Crippen LogP) is 3.23. The van der Waals surface area contributed by atoms with Crippen molar-refractivity contribution < 1.29 is 18.3 Å². The molecule has 104 valence electrons. The summed E-state index contributed by atoms with van der Waals surface area (Å²) in [7, 11) is 0. The van der Waals surface area contributed by atoms with Crippen LogP contribution in [-0.2, 0) is 5.60 Å². The van der Waals surface area contributed by atoms with E-state index in [9.17, 15) is 18.3 Å². The number of imidazole rings is 1. The number of fused-ring (bicyclic) bond motifs is 1. The maximum atomic E-state index is 13.7. The van der Waals surface area contributed by atoms with Crippen LogP contribution >= 0.6 is 0 Å². The van der Waals surface area contributed by atoms with Crippen molar-refractivity contribution >= 4 is 11.0 Å². The van der Waals surface area contributed by atoms with Crippen molar-refractivity contribution in [1.29, 1.82) is 0 Å². The van der Waals surface area contributed by atoms with Crippen LogP contribution in [0.2, 0.25) is 0 Å². The van der Waals surface area contributed by atoms with Crippen LogP contribution < -0.4 is 0 Å². The van der Waals surface area contributed by atoms with Crippen LogP contribution in [-0.4, -0.2) is 21.1 Å². The first kappa shape index (κ1) is 13.9. The molecular weight excluding hydrogens is 257 g/mol. The fraction of sp³-hybridized carbons (Fsp3) is 0.462. The molecule has 19 heavy (non-hydrogen) atoms. The predicted molar refractivity (Wildman–Crippen MR) is 65.7 cm³/mol. The number of rotatable bonds is 3. The van der Waals surface area contributed by atoms with Crippen molar-refractivity contribution in [3.63, 3.8) is 0 Å². The molecule has 1 N–H and O–H groups in total. The molecule has 1 aromatic heterocycles. The highest BCUT2D eigenvalue weighted by Crippen LogP contribution is 2.31. The van der Waals surface area contributed by atoms with Crippen molar-refractivity contribution in [2.45, 2.75) is 38.8 Å². The monoisotopic (exact) mass is 272 g/mol. The van der Waals surface area contributed by atoms with Crippen LogP contribution in [0.3, 0.4) is 0 Å². The van der Waals surface area contributed by atoms with E-state index in [1.165, 1.54) is 43.5 Å². The molecule has 0 aliphatic rings. The van der Waals surface area contributed by atoms with E-state index in [0.717, 1.165) is 0 Å². The minimum absolute atomic E-state index is 0.00729. The molecule has 0 aliphatic carbocycles. The van der Waals surface area contributed by atoms with Crippen molar-refractivity contribution in [2.24, 2.45) is 0 Å². The zero-order chi connectivity index (χ0) is 14.4. The lowest BCUT2D eigenvalue weighted by atomic mass is 10.1. The first-order valence-electron chi connectivity index (χ1n) is 5.91. The lowest BCUT2D eigenvalue weighted by molar-refractivity contribution is 0.0494. The summed E-state index contributed by atoms with van der Waals surface area (Å²) in [6.07, 6.45) is -2.64. The lowest BCUT2D eigenvalue weighted by Gasteiger charge is -2.23. The molecular formula is C13H15F3N2O. The number of benzene rings is 1. The van der Waals surface area contributed by atoms with Gasteiger partial charge in [0, 0.05) is 0 Å². The van der Waals surface area contributed by atoms with E-state index in [1.807, 2.05) is 0 Å². The Hall–Kier alpha value is -1.56. The third kappa shape index (κ3) is 2.32. The summed E-state index contributed by atoms with van der Waals surface area (Å²) >= 11 is 0. The number of para-hydroxylation sites is 1. The van der Waals surface area contributed by atoms with Gasteiger partial charge in [-0.2, -0.15) is 0 Å². The molecule has 0 radical (unpaired) electrons. The Bertz CT molecular complexity index is 602. The Balaban J connectivity index is 2.80. The minimum atomic E-state index is -2.64. The first-order chi connectivity index (χ1) is 8.73. The maximum absolute atomic E-state index is 13.7. The molecule has 0 saturated heterocycles. The number of aliphatic hydroxyl groups is 1. The van der Waals surface area contributed by atoms with Crippen LogP contribution in [0.15, 0.2) is 18.2 Å².